The number of amides is 1. The van der Waals surface area contributed by atoms with Gasteiger partial charge >= 0.3 is 0 Å². The smallest absolute Gasteiger partial charge is 0.270 e. The van der Waals surface area contributed by atoms with Crippen molar-refractivity contribution in [3.63, 3.8) is 0 Å². The van der Waals surface area contributed by atoms with Gasteiger partial charge in [-0.05, 0) is 24.6 Å². The summed E-state index contributed by atoms with van der Waals surface area (Å²) in [5, 5.41) is 9.88. The molecule has 130 valence electrons. The van der Waals surface area contributed by atoms with Crippen molar-refractivity contribution >= 4 is 32.4 Å². The number of aromatic nitrogens is 2. The van der Waals surface area contributed by atoms with E-state index in [9.17, 15) is 17.6 Å². The predicted octanol–water partition coefficient (Wildman–Crippen LogP) is 2.31. The van der Waals surface area contributed by atoms with Gasteiger partial charge in [-0.2, -0.15) is 0 Å². The summed E-state index contributed by atoms with van der Waals surface area (Å²) in [6.45, 7) is 5.05. The molecule has 0 spiro atoms. The number of carbonyl (C=O) groups excluding carboxylic acids is 1. The van der Waals surface area contributed by atoms with Crippen molar-refractivity contribution in [3.8, 4) is 0 Å². The highest BCUT2D eigenvalue weighted by Gasteiger charge is 2.24. The molecule has 24 heavy (non-hydrogen) atoms. The molecule has 1 aromatic heterocycles. The van der Waals surface area contributed by atoms with Gasteiger partial charge in [0.15, 0.2) is 0 Å². The van der Waals surface area contributed by atoms with Gasteiger partial charge in [-0.15, -0.1) is 10.2 Å². The van der Waals surface area contributed by atoms with E-state index in [4.69, 9.17) is 0 Å². The maximum Gasteiger partial charge on any atom is 0.270 e. The molecule has 0 saturated heterocycles. The van der Waals surface area contributed by atoms with Crippen molar-refractivity contribution in [1.82, 2.24) is 14.9 Å². The van der Waals surface area contributed by atoms with Crippen LogP contribution in [-0.2, 0) is 14.8 Å². The Kier molecular flexibility index (Phi) is 5.62. The van der Waals surface area contributed by atoms with Gasteiger partial charge in [-0.1, -0.05) is 37.3 Å². The van der Waals surface area contributed by atoms with Crippen LogP contribution in [0, 0.1) is 11.7 Å². The monoisotopic (exact) mass is 372 g/mol. The highest BCUT2D eigenvalue weighted by molar-refractivity contribution is 7.91. The number of halogens is 1. The van der Waals surface area contributed by atoms with Crippen LogP contribution < -0.4 is 10.0 Å². The Morgan fingerprint density at radius 3 is 2.38 bits per heavy atom. The first-order chi connectivity index (χ1) is 11.2. The number of sulfonamides is 1. The highest BCUT2D eigenvalue weighted by Crippen LogP contribution is 2.23. The summed E-state index contributed by atoms with van der Waals surface area (Å²) >= 11 is 0.761. The van der Waals surface area contributed by atoms with Crippen molar-refractivity contribution in [1.29, 1.82) is 0 Å². The Morgan fingerprint density at radius 1 is 1.17 bits per heavy atom. The van der Waals surface area contributed by atoms with Gasteiger partial charge in [-0.25, -0.2) is 17.5 Å². The van der Waals surface area contributed by atoms with Crippen LogP contribution in [0.1, 0.15) is 32.4 Å². The van der Waals surface area contributed by atoms with E-state index < -0.39 is 21.9 Å². The molecule has 0 fully saturated rings. The first-order valence-electron chi connectivity index (χ1n) is 7.11. The average molecular weight is 372 g/mol. The van der Waals surface area contributed by atoms with Crippen LogP contribution in [0.25, 0.3) is 0 Å². The normalized spacial score (nSPS) is 13.0. The number of carbonyl (C=O) groups is 1. The van der Waals surface area contributed by atoms with Crippen molar-refractivity contribution < 1.29 is 17.6 Å². The highest BCUT2D eigenvalue weighted by atomic mass is 32.2. The molecule has 2 aromatic rings. The quantitative estimate of drug-likeness (QED) is 0.758. The largest absolute Gasteiger partial charge is 0.300 e. The molecule has 0 saturated carbocycles. The van der Waals surface area contributed by atoms with Gasteiger partial charge in [0.2, 0.25) is 15.4 Å². The minimum absolute atomic E-state index is 0.114. The molecule has 2 rings (SSSR count). The summed E-state index contributed by atoms with van der Waals surface area (Å²) in [4.78, 5) is 11.6. The number of rotatable bonds is 6. The van der Waals surface area contributed by atoms with Gasteiger partial charge < -0.3 is 5.32 Å². The van der Waals surface area contributed by atoms with Crippen molar-refractivity contribution in [2.24, 2.45) is 5.92 Å². The molecule has 0 bridgehead atoms. The lowest BCUT2D eigenvalue weighted by Crippen LogP contribution is -2.26. The second kappa shape index (κ2) is 7.32. The van der Waals surface area contributed by atoms with Crippen LogP contribution in [0.15, 0.2) is 28.6 Å². The Morgan fingerprint density at radius 2 is 1.79 bits per heavy atom. The molecule has 7 nitrogen and oxygen atoms in total. The molecule has 1 aromatic carbocycles. The standard InChI is InChI=1S/C14H17FN4O3S2/c1-8(2)12(20)16-13-17-18-14(23-13)24(21,22)19-9(3)10-4-6-11(15)7-5-10/h4-9,19H,1-3H3,(H,16,17,20). The van der Waals surface area contributed by atoms with Gasteiger partial charge in [0.05, 0.1) is 0 Å². The second-order valence-electron chi connectivity index (χ2n) is 5.41. The molecular weight excluding hydrogens is 355 g/mol. The zero-order chi connectivity index (χ0) is 17.9. The summed E-state index contributed by atoms with van der Waals surface area (Å²) in [7, 11) is -3.90. The molecule has 0 radical (unpaired) electrons. The second-order valence-corrected chi connectivity index (χ2v) is 8.28. The summed E-state index contributed by atoms with van der Waals surface area (Å²) in [6, 6.07) is 4.93. The fraction of sp³-hybridized carbons (Fsp3) is 0.357. The van der Waals surface area contributed by atoms with Crippen molar-refractivity contribution in [2.75, 3.05) is 5.32 Å². The van der Waals surface area contributed by atoms with Gasteiger partial charge in [0.25, 0.3) is 10.0 Å². The van der Waals surface area contributed by atoms with E-state index in [1.807, 2.05) is 0 Å². The van der Waals surface area contributed by atoms with Gasteiger partial charge in [0.1, 0.15) is 5.82 Å². The Balaban J connectivity index is 2.11. The van der Waals surface area contributed by atoms with E-state index in [-0.39, 0.29) is 21.3 Å². The minimum Gasteiger partial charge on any atom is -0.300 e. The molecule has 1 atom stereocenters. The van der Waals surface area contributed by atoms with Gasteiger partial charge in [-0.3, -0.25) is 4.79 Å². The van der Waals surface area contributed by atoms with Gasteiger partial charge in [0, 0.05) is 12.0 Å². The maximum absolute atomic E-state index is 12.9. The number of anilines is 1. The van der Waals surface area contributed by atoms with Crippen LogP contribution in [0.4, 0.5) is 9.52 Å². The van der Waals surface area contributed by atoms with E-state index in [1.54, 1.807) is 20.8 Å². The summed E-state index contributed by atoms with van der Waals surface area (Å²) in [5.41, 5.74) is 0.609. The molecule has 1 heterocycles. The molecular formula is C14H17FN4O3S2. The average Bonchev–Trinajstić information content (AvgIpc) is 2.96. The lowest BCUT2D eigenvalue weighted by atomic mass is 10.1. The SMILES string of the molecule is CC(C)C(=O)Nc1nnc(S(=O)(=O)NC(C)c2ccc(F)cc2)s1. The molecule has 1 amide bonds. The van der Waals surface area contributed by atoms with Crippen molar-refractivity contribution in [3.05, 3.63) is 35.6 Å². The van der Waals surface area contributed by atoms with Crippen molar-refractivity contribution in [2.45, 2.75) is 31.2 Å². The van der Waals surface area contributed by atoms with Crippen LogP contribution >= 0.6 is 11.3 Å². The molecule has 0 aliphatic rings. The third kappa shape index (κ3) is 4.56. The topological polar surface area (TPSA) is 101 Å². The number of benzene rings is 1. The van der Waals surface area contributed by atoms with E-state index in [0.29, 0.717) is 5.56 Å². The Hall–Kier alpha value is -1.91. The van der Waals surface area contributed by atoms with E-state index in [2.05, 4.69) is 20.2 Å². The lowest BCUT2D eigenvalue weighted by molar-refractivity contribution is -0.118. The molecule has 10 heteroatoms. The number of nitrogens with one attached hydrogen (secondary N) is 2. The van der Waals surface area contributed by atoms with E-state index in [0.717, 1.165) is 11.3 Å². The Labute approximate surface area is 143 Å². The van der Waals surface area contributed by atoms with Crippen LogP contribution in [0.5, 0.6) is 0 Å². The molecule has 0 aliphatic carbocycles. The first-order valence-corrected chi connectivity index (χ1v) is 9.41. The third-order valence-corrected chi connectivity index (χ3v) is 5.84. The maximum atomic E-state index is 12.9. The van der Waals surface area contributed by atoms with E-state index in [1.165, 1.54) is 24.3 Å². The van der Waals surface area contributed by atoms with Crippen LogP contribution in [-0.4, -0.2) is 24.5 Å². The predicted molar refractivity (Wildman–Crippen MR) is 88.5 cm³/mol. The molecule has 0 aliphatic heterocycles. The molecule has 1 unspecified atom stereocenters. The third-order valence-electron chi connectivity index (χ3n) is 3.09. The summed E-state index contributed by atoms with van der Waals surface area (Å²) < 4.78 is 39.8. The number of nitrogens with zero attached hydrogens (tertiary/aromatic N) is 2. The number of hydrogen-bond donors (Lipinski definition) is 2. The fourth-order valence-electron chi connectivity index (χ4n) is 1.72. The fourth-order valence-corrected chi connectivity index (χ4v) is 3.87. The first kappa shape index (κ1) is 18.4. The zero-order valence-electron chi connectivity index (χ0n) is 13.3. The van der Waals surface area contributed by atoms with Crippen LogP contribution in [0.3, 0.4) is 0 Å². The number of hydrogen-bond acceptors (Lipinski definition) is 6. The lowest BCUT2D eigenvalue weighted by Gasteiger charge is -2.12. The zero-order valence-corrected chi connectivity index (χ0v) is 14.9. The summed E-state index contributed by atoms with van der Waals surface area (Å²) in [6.07, 6.45) is 0. The summed E-state index contributed by atoms with van der Waals surface area (Å²) in [5.74, 6) is -0.934. The minimum atomic E-state index is -3.90. The molecule has 2 N–H and O–H groups in total. The van der Waals surface area contributed by atoms with Crippen LogP contribution in [0.2, 0.25) is 0 Å². The Bertz CT molecular complexity index is 819. The van der Waals surface area contributed by atoms with E-state index >= 15 is 0 Å².